The maximum absolute atomic E-state index is 5.86. The van der Waals surface area contributed by atoms with Gasteiger partial charge in [-0.2, -0.15) is 0 Å². The Labute approximate surface area is 106 Å². The zero-order valence-corrected chi connectivity index (χ0v) is 11.6. The molecule has 3 heteroatoms. The topological polar surface area (TPSA) is 9.23 Å². The van der Waals surface area contributed by atoms with Gasteiger partial charge in [0.15, 0.2) is 0 Å². The van der Waals surface area contributed by atoms with Crippen LogP contribution >= 0.6 is 31.9 Å². The fraction of sp³-hybridized carbons (Fsp3) is 0.333. The summed E-state index contributed by atoms with van der Waals surface area (Å²) in [5, 5.41) is 0. The zero-order chi connectivity index (χ0) is 10.7. The molecular weight excluding hydrogens is 320 g/mol. The summed E-state index contributed by atoms with van der Waals surface area (Å²) in [6, 6.07) is 0. The Morgan fingerprint density at radius 2 is 1.33 bits per heavy atom. The maximum atomic E-state index is 5.86. The van der Waals surface area contributed by atoms with Crippen LogP contribution in [0, 0.1) is 13.8 Å². The fourth-order valence-electron chi connectivity index (χ4n) is 2.48. The van der Waals surface area contributed by atoms with E-state index in [1.54, 1.807) is 0 Å². The van der Waals surface area contributed by atoms with Gasteiger partial charge in [-0.05, 0) is 68.0 Å². The van der Waals surface area contributed by atoms with Crippen LogP contribution in [-0.4, -0.2) is 0 Å². The second-order valence-electron chi connectivity index (χ2n) is 4.07. The fourth-order valence-corrected chi connectivity index (χ4v) is 3.50. The SMILES string of the molecule is Cc1c(Br)c(Br)c(C)c2c1[C@@H]1C=C[C@H]2O1. The number of hydrogen-bond acceptors (Lipinski definition) is 1. The van der Waals surface area contributed by atoms with E-state index in [-0.39, 0.29) is 12.2 Å². The minimum absolute atomic E-state index is 0.174. The first-order chi connectivity index (χ1) is 7.11. The third kappa shape index (κ3) is 1.17. The van der Waals surface area contributed by atoms with Crippen LogP contribution in [0.1, 0.15) is 34.5 Å². The molecule has 0 saturated heterocycles. The molecule has 0 aromatic heterocycles. The van der Waals surface area contributed by atoms with Gasteiger partial charge in [-0.1, -0.05) is 12.2 Å². The second kappa shape index (κ2) is 3.19. The van der Waals surface area contributed by atoms with E-state index in [9.17, 15) is 0 Å². The minimum Gasteiger partial charge on any atom is -0.357 e. The molecule has 0 saturated carbocycles. The van der Waals surface area contributed by atoms with Crippen LogP contribution < -0.4 is 0 Å². The van der Waals surface area contributed by atoms with E-state index in [0.29, 0.717) is 0 Å². The quantitative estimate of drug-likeness (QED) is 0.636. The van der Waals surface area contributed by atoms with Gasteiger partial charge in [0.25, 0.3) is 0 Å². The lowest BCUT2D eigenvalue weighted by molar-refractivity contribution is 0.0875. The smallest absolute Gasteiger partial charge is 0.103 e. The summed E-state index contributed by atoms with van der Waals surface area (Å²) in [6.07, 6.45) is 4.65. The first-order valence-electron chi connectivity index (χ1n) is 4.93. The Hall–Kier alpha value is -0.120. The van der Waals surface area contributed by atoms with E-state index in [0.717, 1.165) is 8.95 Å². The highest BCUT2D eigenvalue weighted by Crippen LogP contribution is 2.51. The van der Waals surface area contributed by atoms with E-state index in [2.05, 4.69) is 57.9 Å². The van der Waals surface area contributed by atoms with Crippen LogP contribution in [0.4, 0.5) is 0 Å². The number of halogens is 2. The van der Waals surface area contributed by atoms with Crippen molar-refractivity contribution in [2.75, 3.05) is 0 Å². The summed E-state index contributed by atoms with van der Waals surface area (Å²) in [4.78, 5) is 0. The lowest BCUT2D eigenvalue weighted by atomic mass is 9.89. The molecule has 0 spiro atoms. The monoisotopic (exact) mass is 328 g/mol. The van der Waals surface area contributed by atoms with E-state index in [1.165, 1.54) is 22.3 Å². The molecule has 0 radical (unpaired) electrons. The normalized spacial score (nSPS) is 26.1. The Morgan fingerprint density at radius 3 is 1.73 bits per heavy atom. The lowest BCUT2D eigenvalue weighted by Gasteiger charge is -2.17. The van der Waals surface area contributed by atoms with Gasteiger partial charge in [-0.25, -0.2) is 0 Å². The van der Waals surface area contributed by atoms with E-state index >= 15 is 0 Å². The van der Waals surface area contributed by atoms with Crippen molar-refractivity contribution in [2.24, 2.45) is 0 Å². The Kier molecular flexibility index (Phi) is 2.14. The third-order valence-corrected chi connectivity index (χ3v) is 5.79. The van der Waals surface area contributed by atoms with Gasteiger partial charge in [-0.3, -0.25) is 0 Å². The zero-order valence-electron chi connectivity index (χ0n) is 8.47. The predicted molar refractivity (Wildman–Crippen MR) is 67.0 cm³/mol. The van der Waals surface area contributed by atoms with Crippen LogP contribution in [-0.2, 0) is 4.74 Å². The lowest BCUT2D eigenvalue weighted by Crippen LogP contribution is -2.01. The average molecular weight is 330 g/mol. The summed E-state index contributed by atoms with van der Waals surface area (Å²) >= 11 is 7.26. The molecule has 78 valence electrons. The molecule has 1 nitrogen and oxygen atoms in total. The summed E-state index contributed by atoms with van der Waals surface area (Å²) in [5.41, 5.74) is 5.30. The Bertz CT molecular complexity index is 448. The number of hydrogen-bond donors (Lipinski definition) is 0. The molecule has 15 heavy (non-hydrogen) atoms. The molecule has 1 aromatic rings. The minimum atomic E-state index is 0.174. The van der Waals surface area contributed by atoms with Gasteiger partial charge in [-0.15, -0.1) is 0 Å². The second-order valence-corrected chi connectivity index (χ2v) is 5.65. The summed E-state index contributed by atoms with van der Waals surface area (Å²) in [5.74, 6) is 0. The van der Waals surface area contributed by atoms with Crippen LogP contribution in [0.3, 0.4) is 0 Å². The van der Waals surface area contributed by atoms with Crippen molar-refractivity contribution in [3.63, 3.8) is 0 Å². The van der Waals surface area contributed by atoms with Crippen LogP contribution in [0.25, 0.3) is 0 Å². The standard InChI is InChI=1S/C12H10Br2O/c1-5-9-7-3-4-8(15-7)10(9)6(2)12(14)11(5)13/h3-4,7-8H,1-2H3/t7-,8+. The summed E-state index contributed by atoms with van der Waals surface area (Å²) < 4.78 is 8.17. The molecule has 2 aliphatic rings. The Balaban J connectivity index is 2.38. The first-order valence-corrected chi connectivity index (χ1v) is 6.51. The number of rotatable bonds is 0. The van der Waals surface area contributed by atoms with E-state index in [1.807, 2.05) is 0 Å². The summed E-state index contributed by atoms with van der Waals surface area (Å²) in [7, 11) is 0. The van der Waals surface area contributed by atoms with Crippen molar-refractivity contribution >= 4 is 31.9 Å². The predicted octanol–water partition coefficient (Wildman–Crippen LogP) is 4.51. The van der Waals surface area contributed by atoms with Gasteiger partial charge in [0.2, 0.25) is 0 Å². The van der Waals surface area contributed by atoms with E-state index < -0.39 is 0 Å². The number of fused-ring (bicyclic) bond motifs is 5. The molecule has 0 N–H and O–H groups in total. The molecule has 0 amide bonds. The molecule has 0 aliphatic carbocycles. The average Bonchev–Trinajstić information content (AvgIpc) is 2.82. The maximum Gasteiger partial charge on any atom is 0.103 e. The molecular formula is C12H10Br2O. The van der Waals surface area contributed by atoms with Crippen molar-refractivity contribution < 1.29 is 4.74 Å². The highest BCUT2D eigenvalue weighted by atomic mass is 79.9. The van der Waals surface area contributed by atoms with Gasteiger partial charge >= 0.3 is 0 Å². The number of benzene rings is 1. The largest absolute Gasteiger partial charge is 0.357 e. The number of ether oxygens (including phenoxy) is 1. The van der Waals surface area contributed by atoms with E-state index in [4.69, 9.17) is 4.74 Å². The summed E-state index contributed by atoms with van der Waals surface area (Å²) in [6.45, 7) is 4.29. The molecule has 0 fully saturated rings. The van der Waals surface area contributed by atoms with Gasteiger partial charge in [0, 0.05) is 8.95 Å². The van der Waals surface area contributed by atoms with Crippen molar-refractivity contribution in [3.8, 4) is 0 Å². The molecule has 2 atom stereocenters. The van der Waals surface area contributed by atoms with Gasteiger partial charge in [0.05, 0.1) is 0 Å². The molecule has 2 aliphatic heterocycles. The van der Waals surface area contributed by atoms with Gasteiger partial charge in [0.1, 0.15) is 12.2 Å². The highest BCUT2D eigenvalue weighted by Gasteiger charge is 2.37. The molecule has 1 aromatic carbocycles. The van der Waals surface area contributed by atoms with Crippen molar-refractivity contribution in [1.82, 2.24) is 0 Å². The highest BCUT2D eigenvalue weighted by molar-refractivity contribution is 9.13. The molecule has 2 heterocycles. The van der Waals surface area contributed by atoms with Crippen molar-refractivity contribution in [1.29, 1.82) is 0 Å². The van der Waals surface area contributed by atoms with Gasteiger partial charge < -0.3 is 4.74 Å². The van der Waals surface area contributed by atoms with Crippen molar-refractivity contribution in [2.45, 2.75) is 26.1 Å². The third-order valence-electron chi connectivity index (χ3n) is 3.27. The molecule has 2 bridgehead atoms. The van der Waals surface area contributed by atoms with Crippen LogP contribution in [0.5, 0.6) is 0 Å². The van der Waals surface area contributed by atoms with Crippen LogP contribution in [0.15, 0.2) is 21.1 Å². The molecule has 3 rings (SSSR count). The molecule has 0 unspecified atom stereocenters. The van der Waals surface area contributed by atoms with Crippen LogP contribution in [0.2, 0.25) is 0 Å². The first kappa shape index (κ1) is 10.1. The van der Waals surface area contributed by atoms with Crippen molar-refractivity contribution in [3.05, 3.63) is 43.4 Å². The Morgan fingerprint density at radius 1 is 0.933 bits per heavy atom.